The first-order valence-corrected chi connectivity index (χ1v) is 9.32. The number of anilines is 1. The third kappa shape index (κ3) is 4.32. The van der Waals surface area contributed by atoms with E-state index in [1.807, 2.05) is 18.2 Å². The Morgan fingerprint density at radius 1 is 0.897 bits per heavy atom. The fourth-order valence-corrected chi connectivity index (χ4v) is 3.45. The standard InChI is InChI=1S/C23H19F3N2O/c24-23(25,26)20-7-4-15(5-8-20)16-2-1-3-18(12-16)22(29)28-21-9-6-19-14-27-11-10-17(19)13-21/h1-9,12-13,27H,10-11,14H2,(H,28,29). The van der Waals surface area contributed by atoms with Crippen molar-refractivity contribution in [3.8, 4) is 11.1 Å². The lowest BCUT2D eigenvalue weighted by atomic mass is 10.00. The van der Waals surface area contributed by atoms with Crippen molar-refractivity contribution in [2.24, 2.45) is 0 Å². The Morgan fingerprint density at radius 3 is 2.45 bits per heavy atom. The summed E-state index contributed by atoms with van der Waals surface area (Å²) in [5.74, 6) is -0.257. The van der Waals surface area contributed by atoms with Crippen LogP contribution >= 0.6 is 0 Å². The van der Waals surface area contributed by atoms with Crippen molar-refractivity contribution in [1.82, 2.24) is 5.32 Å². The molecule has 0 aromatic heterocycles. The molecule has 1 aliphatic heterocycles. The highest BCUT2D eigenvalue weighted by molar-refractivity contribution is 6.05. The molecular weight excluding hydrogens is 377 g/mol. The third-order valence-corrected chi connectivity index (χ3v) is 5.02. The minimum Gasteiger partial charge on any atom is -0.322 e. The number of alkyl halides is 3. The SMILES string of the molecule is O=C(Nc1ccc2c(c1)CCNC2)c1cccc(-c2ccc(C(F)(F)F)cc2)c1. The van der Waals surface area contributed by atoms with Crippen molar-refractivity contribution in [2.75, 3.05) is 11.9 Å². The molecule has 0 spiro atoms. The van der Waals surface area contributed by atoms with E-state index < -0.39 is 11.7 Å². The second kappa shape index (κ2) is 7.72. The van der Waals surface area contributed by atoms with Gasteiger partial charge < -0.3 is 10.6 Å². The van der Waals surface area contributed by atoms with Crippen LogP contribution in [0, 0.1) is 0 Å². The number of carbonyl (C=O) groups excluding carboxylic acids is 1. The van der Waals surface area contributed by atoms with Gasteiger partial charge in [0, 0.05) is 17.8 Å². The summed E-state index contributed by atoms with van der Waals surface area (Å²) < 4.78 is 38.2. The van der Waals surface area contributed by atoms with E-state index in [2.05, 4.69) is 10.6 Å². The third-order valence-electron chi connectivity index (χ3n) is 5.02. The Hall–Kier alpha value is -3.12. The van der Waals surface area contributed by atoms with E-state index in [1.54, 1.807) is 24.3 Å². The molecule has 0 bridgehead atoms. The first-order chi connectivity index (χ1) is 13.9. The second-order valence-corrected chi connectivity index (χ2v) is 7.02. The predicted octanol–water partition coefficient (Wildman–Crippen LogP) is 5.27. The van der Waals surface area contributed by atoms with Gasteiger partial charge in [0.05, 0.1) is 5.56 Å². The van der Waals surface area contributed by atoms with E-state index in [9.17, 15) is 18.0 Å². The van der Waals surface area contributed by atoms with Gasteiger partial charge in [0.15, 0.2) is 0 Å². The maximum Gasteiger partial charge on any atom is 0.416 e. The molecule has 0 atom stereocenters. The van der Waals surface area contributed by atoms with Crippen LogP contribution in [0.3, 0.4) is 0 Å². The molecule has 0 aliphatic carbocycles. The molecule has 6 heteroatoms. The topological polar surface area (TPSA) is 41.1 Å². The highest BCUT2D eigenvalue weighted by Crippen LogP contribution is 2.31. The highest BCUT2D eigenvalue weighted by Gasteiger charge is 2.30. The van der Waals surface area contributed by atoms with E-state index in [-0.39, 0.29) is 5.91 Å². The molecule has 3 nitrogen and oxygen atoms in total. The monoisotopic (exact) mass is 396 g/mol. The van der Waals surface area contributed by atoms with Gasteiger partial charge in [-0.15, -0.1) is 0 Å². The molecule has 0 unspecified atom stereocenters. The van der Waals surface area contributed by atoms with Crippen LogP contribution in [0.2, 0.25) is 0 Å². The number of carbonyl (C=O) groups is 1. The minimum atomic E-state index is -4.37. The van der Waals surface area contributed by atoms with Crippen molar-refractivity contribution >= 4 is 11.6 Å². The average molecular weight is 396 g/mol. The maximum absolute atomic E-state index is 12.7. The van der Waals surface area contributed by atoms with Gasteiger partial charge in [-0.25, -0.2) is 0 Å². The van der Waals surface area contributed by atoms with E-state index in [1.165, 1.54) is 23.3 Å². The Labute approximate surface area is 166 Å². The molecule has 0 radical (unpaired) electrons. The number of fused-ring (bicyclic) bond motifs is 1. The Balaban J connectivity index is 1.53. The summed E-state index contributed by atoms with van der Waals surface area (Å²) >= 11 is 0. The lowest BCUT2D eigenvalue weighted by molar-refractivity contribution is -0.137. The van der Waals surface area contributed by atoms with Crippen molar-refractivity contribution < 1.29 is 18.0 Å². The molecule has 1 amide bonds. The molecular formula is C23H19F3N2O. The van der Waals surface area contributed by atoms with E-state index in [4.69, 9.17) is 0 Å². The maximum atomic E-state index is 12.7. The lowest BCUT2D eigenvalue weighted by Gasteiger charge is -2.18. The molecule has 0 saturated heterocycles. The van der Waals surface area contributed by atoms with Gasteiger partial charge in [-0.2, -0.15) is 13.2 Å². The molecule has 29 heavy (non-hydrogen) atoms. The Morgan fingerprint density at radius 2 is 1.69 bits per heavy atom. The summed E-state index contributed by atoms with van der Waals surface area (Å²) in [5.41, 5.74) is 4.24. The highest BCUT2D eigenvalue weighted by atomic mass is 19.4. The largest absolute Gasteiger partial charge is 0.416 e. The summed E-state index contributed by atoms with van der Waals surface area (Å²) in [6, 6.07) is 17.7. The zero-order valence-electron chi connectivity index (χ0n) is 15.5. The molecule has 1 heterocycles. The van der Waals surface area contributed by atoms with Crippen LogP contribution in [-0.2, 0) is 19.1 Å². The van der Waals surface area contributed by atoms with Crippen LogP contribution in [0.4, 0.5) is 18.9 Å². The van der Waals surface area contributed by atoms with Crippen LogP contribution < -0.4 is 10.6 Å². The number of hydrogen-bond donors (Lipinski definition) is 2. The minimum absolute atomic E-state index is 0.257. The summed E-state index contributed by atoms with van der Waals surface area (Å²) in [6.45, 7) is 1.75. The van der Waals surface area contributed by atoms with Crippen LogP contribution in [0.15, 0.2) is 66.7 Å². The van der Waals surface area contributed by atoms with E-state index in [0.29, 0.717) is 16.7 Å². The van der Waals surface area contributed by atoms with Crippen molar-refractivity contribution in [3.05, 3.63) is 89.0 Å². The molecule has 3 aromatic rings. The van der Waals surface area contributed by atoms with Crippen LogP contribution in [-0.4, -0.2) is 12.5 Å². The van der Waals surface area contributed by atoms with E-state index >= 15 is 0 Å². The van der Waals surface area contributed by atoms with Gasteiger partial charge >= 0.3 is 6.18 Å². The first-order valence-electron chi connectivity index (χ1n) is 9.32. The molecule has 1 aliphatic rings. The second-order valence-electron chi connectivity index (χ2n) is 7.02. The van der Waals surface area contributed by atoms with Crippen LogP contribution in [0.1, 0.15) is 27.0 Å². The fourth-order valence-electron chi connectivity index (χ4n) is 3.45. The number of benzene rings is 3. The average Bonchev–Trinajstić information content (AvgIpc) is 2.73. The van der Waals surface area contributed by atoms with Crippen molar-refractivity contribution in [2.45, 2.75) is 19.1 Å². The zero-order chi connectivity index (χ0) is 20.4. The molecule has 148 valence electrons. The summed E-state index contributed by atoms with van der Waals surface area (Å²) in [4.78, 5) is 12.7. The van der Waals surface area contributed by atoms with Gasteiger partial charge in [-0.05, 0) is 71.6 Å². The first kappa shape index (κ1) is 19.2. The van der Waals surface area contributed by atoms with Gasteiger partial charge in [0.25, 0.3) is 5.91 Å². The quantitative estimate of drug-likeness (QED) is 0.633. The number of halogens is 3. The van der Waals surface area contributed by atoms with Gasteiger partial charge in [-0.1, -0.05) is 30.3 Å². The van der Waals surface area contributed by atoms with E-state index in [0.717, 1.165) is 37.3 Å². The molecule has 2 N–H and O–H groups in total. The molecule has 0 saturated carbocycles. The number of nitrogens with one attached hydrogen (secondary N) is 2. The normalized spacial score (nSPS) is 13.6. The van der Waals surface area contributed by atoms with Gasteiger partial charge in [-0.3, -0.25) is 4.79 Å². The molecule has 0 fully saturated rings. The smallest absolute Gasteiger partial charge is 0.322 e. The predicted molar refractivity (Wildman–Crippen MR) is 107 cm³/mol. The van der Waals surface area contributed by atoms with Crippen molar-refractivity contribution in [1.29, 1.82) is 0 Å². The number of hydrogen-bond acceptors (Lipinski definition) is 2. The summed E-state index contributed by atoms with van der Waals surface area (Å²) in [7, 11) is 0. The summed E-state index contributed by atoms with van der Waals surface area (Å²) in [6.07, 6.45) is -3.45. The number of amides is 1. The molecule has 3 aromatic carbocycles. The summed E-state index contributed by atoms with van der Waals surface area (Å²) in [5, 5.41) is 6.22. The van der Waals surface area contributed by atoms with Crippen LogP contribution in [0.5, 0.6) is 0 Å². The fraction of sp³-hybridized carbons (Fsp3) is 0.174. The number of rotatable bonds is 3. The van der Waals surface area contributed by atoms with Gasteiger partial charge in [0.1, 0.15) is 0 Å². The lowest BCUT2D eigenvalue weighted by Crippen LogP contribution is -2.23. The Kier molecular flexibility index (Phi) is 5.11. The molecule has 4 rings (SSSR count). The van der Waals surface area contributed by atoms with Gasteiger partial charge in [0.2, 0.25) is 0 Å². The van der Waals surface area contributed by atoms with Crippen molar-refractivity contribution in [3.63, 3.8) is 0 Å². The van der Waals surface area contributed by atoms with Crippen LogP contribution in [0.25, 0.3) is 11.1 Å². The zero-order valence-corrected chi connectivity index (χ0v) is 15.5. The Bertz CT molecular complexity index is 1040.